The van der Waals surface area contributed by atoms with E-state index in [1.807, 2.05) is 56.3 Å². The predicted octanol–water partition coefficient (Wildman–Crippen LogP) is 4.35. The Kier molecular flexibility index (Phi) is 6.46. The van der Waals surface area contributed by atoms with Crippen LogP contribution in [0, 0.1) is 5.92 Å². The van der Waals surface area contributed by atoms with Crippen molar-refractivity contribution in [2.45, 2.75) is 13.8 Å². The van der Waals surface area contributed by atoms with Crippen LogP contribution in [0.1, 0.15) is 25.0 Å². The van der Waals surface area contributed by atoms with Crippen molar-refractivity contribution in [3.05, 3.63) is 53.6 Å². The summed E-state index contributed by atoms with van der Waals surface area (Å²) in [4.78, 5) is 11.7. The van der Waals surface area contributed by atoms with Gasteiger partial charge in [-0.05, 0) is 41.3 Å². The molecular formula is C20H24N2O3. The Morgan fingerprint density at radius 2 is 1.76 bits per heavy atom. The summed E-state index contributed by atoms with van der Waals surface area (Å²) in [6, 6.07) is 12.5. The minimum Gasteiger partial charge on any atom is -0.504 e. The molecule has 0 heterocycles. The van der Waals surface area contributed by atoms with Crippen molar-refractivity contribution >= 4 is 23.9 Å². The molecule has 0 spiro atoms. The van der Waals surface area contributed by atoms with E-state index in [2.05, 4.69) is 10.6 Å². The van der Waals surface area contributed by atoms with E-state index in [0.717, 1.165) is 16.8 Å². The van der Waals surface area contributed by atoms with Crippen LogP contribution in [0.4, 0.5) is 10.5 Å². The van der Waals surface area contributed by atoms with Gasteiger partial charge in [-0.1, -0.05) is 44.2 Å². The van der Waals surface area contributed by atoms with Gasteiger partial charge in [0.25, 0.3) is 0 Å². The molecule has 0 atom stereocenters. The first-order chi connectivity index (χ1) is 12.0. The van der Waals surface area contributed by atoms with E-state index in [1.165, 1.54) is 7.11 Å². The van der Waals surface area contributed by atoms with E-state index in [0.29, 0.717) is 18.2 Å². The van der Waals surface area contributed by atoms with Crippen LogP contribution in [-0.4, -0.2) is 24.8 Å². The zero-order valence-corrected chi connectivity index (χ0v) is 14.7. The van der Waals surface area contributed by atoms with Crippen LogP contribution in [0.3, 0.4) is 0 Å². The van der Waals surface area contributed by atoms with Gasteiger partial charge in [0.15, 0.2) is 11.5 Å². The predicted molar refractivity (Wildman–Crippen MR) is 102 cm³/mol. The van der Waals surface area contributed by atoms with Crippen molar-refractivity contribution in [2.75, 3.05) is 19.0 Å². The van der Waals surface area contributed by atoms with Crippen LogP contribution >= 0.6 is 0 Å². The fraction of sp³-hybridized carbons (Fsp3) is 0.250. The number of phenolic OH excluding ortho intramolecular Hbond substituents is 1. The maximum absolute atomic E-state index is 11.7. The van der Waals surface area contributed by atoms with E-state index >= 15 is 0 Å². The average molecular weight is 340 g/mol. The number of anilines is 1. The molecule has 5 heteroatoms. The molecule has 3 N–H and O–H groups in total. The number of hydrogen-bond acceptors (Lipinski definition) is 3. The highest BCUT2D eigenvalue weighted by atomic mass is 16.5. The molecule has 2 rings (SSSR count). The number of carbonyl (C=O) groups is 1. The third-order valence-corrected chi connectivity index (χ3v) is 3.51. The Morgan fingerprint density at radius 3 is 2.36 bits per heavy atom. The largest absolute Gasteiger partial charge is 0.504 e. The highest BCUT2D eigenvalue weighted by molar-refractivity contribution is 5.89. The number of carbonyl (C=O) groups excluding carboxylic acids is 1. The Morgan fingerprint density at radius 1 is 1.12 bits per heavy atom. The molecular weight excluding hydrogens is 316 g/mol. The first kappa shape index (κ1) is 18.4. The normalized spacial score (nSPS) is 10.9. The van der Waals surface area contributed by atoms with E-state index in [4.69, 9.17) is 4.74 Å². The number of nitrogens with one attached hydrogen (secondary N) is 2. The summed E-state index contributed by atoms with van der Waals surface area (Å²) in [5.41, 5.74) is 2.59. The van der Waals surface area contributed by atoms with Gasteiger partial charge in [-0.15, -0.1) is 0 Å². The molecule has 2 amide bonds. The molecule has 0 bridgehead atoms. The molecule has 132 valence electrons. The molecule has 0 aliphatic heterocycles. The summed E-state index contributed by atoms with van der Waals surface area (Å²) in [6.45, 7) is 4.73. The van der Waals surface area contributed by atoms with E-state index in [9.17, 15) is 9.90 Å². The number of amides is 2. The number of benzene rings is 2. The average Bonchev–Trinajstić information content (AvgIpc) is 2.59. The van der Waals surface area contributed by atoms with Crippen molar-refractivity contribution in [1.29, 1.82) is 0 Å². The van der Waals surface area contributed by atoms with Gasteiger partial charge in [0.1, 0.15) is 0 Å². The van der Waals surface area contributed by atoms with Crippen LogP contribution < -0.4 is 15.4 Å². The maximum Gasteiger partial charge on any atom is 0.319 e. The smallest absolute Gasteiger partial charge is 0.319 e. The molecule has 0 aliphatic rings. The molecule has 5 nitrogen and oxygen atoms in total. The van der Waals surface area contributed by atoms with Gasteiger partial charge >= 0.3 is 6.03 Å². The summed E-state index contributed by atoms with van der Waals surface area (Å²) < 4.78 is 5.02. The molecule has 0 aliphatic carbocycles. The summed E-state index contributed by atoms with van der Waals surface area (Å²) in [5, 5.41) is 15.4. The Hall–Kier alpha value is -2.95. The number of phenols is 1. The first-order valence-corrected chi connectivity index (χ1v) is 8.18. The summed E-state index contributed by atoms with van der Waals surface area (Å²) >= 11 is 0. The third-order valence-electron chi connectivity index (χ3n) is 3.51. The number of hydrogen-bond donors (Lipinski definition) is 3. The van der Waals surface area contributed by atoms with Gasteiger partial charge in [-0.3, -0.25) is 0 Å². The highest BCUT2D eigenvalue weighted by Crippen LogP contribution is 2.27. The van der Waals surface area contributed by atoms with Crippen molar-refractivity contribution in [3.63, 3.8) is 0 Å². The maximum atomic E-state index is 11.7. The fourth-order valence-electron chi connectivity index (χ4n) is 2.15. The minimum atomic E-state index is -0.203. The highest BCUT2D eigenvalue weighted by Gasteiger charge is 2.02. The van der Waals surface area contributed by atoms with Crippen molar-refractivity contribution in [2.24, 2.45) is 5.92 Å². The second-order valence-electron chi connectivity index (χ2n) is 6.12. The fourth-order valence-corrected chi connectivity index (χ4v) is 2.15. The zero-order valence-electron chi connectivity index (χ0n) is 14.7. The van der Waals surface area contributed by atoms with Gasteiger partial charge in [0.2, 0.25) is 0 Å². The quantitative estimate of drug-likeness (QED) is 0.685. The molecule has 25 heavy (non-hydrogen) atoms. The van der Waals surface area contributed by atoms with E-state index in [-0.39, 0.29) is 11.8 Å². The molecule has 2 aromatic rings. The number of aromatic hydroxyl groups is 1. The zero-order chi connectivity index (χ0) is 18.2. The second kappa shape index (κ2) is 8.78. The Bertz CT molecular complexity index is 737. The number of rotatable bonds is 6. The standard InChI is InChI=1S/C20H24N2O3/c1-14(2)13-21-20(24)22-17-9-6-15(7-10-17)4-5-16-8-11-19(25-3)18(23)12-16/h4-12,14,23H,13H2,1-3H3,(H2,21,22,24)/b5-4+. The lowest BCUT2D eigenvalue weighted by atomic mass is 10.1. The summed E-state index contributed by atoms with van der Waals surface area (Å²) in [6.07, 6.45) is 3.83. The van der Waals surface area contributed by atoms with Crippen LogP contribution in [-0.2, 0) is 0 Å². The molecule has 2 aromatic carbocycles. The van der Waals surface area contributed by atoms with Gasteiger partial charge in [0, 0.05) is 12.2 Å². The number of methoxy groups -OCH3 is 1. The van der Waals surface area contributed by atoms with Gasteiger partial charge in [0.05, 0.1) is 7.11 Å². The van der Waals surface area contributed by atoms with Crippen molar-refractivity contribution in [3.8, 4) is 11.5 Å². The number of urea groups is 1. The van der Waals surface area contributed by atoms with Crippen LogP contribution in [0.2, 0.25) is 0 Å². The Balaban J connectivity index is 1.95. The van der Waals surface area contributed by atoms with Gasteiger partial charge in [-0.25, -0.2) is 4.79 Å². The molecule has 0 aromatic heterocycles. The lowest BCUT2D eigenvalue weighted by Crippen LogP contribution is -2.31. The molecule has 0 fully saturated rings. The molecule has 0 unspecified atom stereocenters. The summed E-state index contributed by atoms with van der Waals surface area (Å²) in [7, 11) is 1.52. The minimum absolute atomic E-state index is 0.108. The molecule has 0 saturated heterocycles. The topological polar surface area (TPSA) is 70.6 Å². The van der Waals surface area contributed by atoms with Gasteiger partial charge in [-0.2, -0.15) is 0 Å². The van der Waals surface area contributed by atoms with Crippen molar-refractivity contribution in [1.82, 2.24) is 5.32 Å². The van der Waals surface area contributed by atoms with Gasteiger partial charge < -0.3 is 20.5 Å². The van der Waals surface area contributed by atoms with Crippen LogP contribution in [0.15, 0.2) is 42.5 Å². The molecule has 0 saturated carbocycles. The SMILES string of the molecule is COc1ccc(/C=C/c2ccc(NC(=O)NCC(C)C)cc2)cc1O. The lowest BCUT2D eigenvalue weighted by molar-refractivity contribution is 0.251. The number of ether oxygens (including phenoxy) is 1. The first-order valence-electron chi connectivity index (χ1n) is 8.18. The lowest BCUT2D eigenvalue weighted by Gasteiger charge is -2.09. The molecule has 0 radical (unpaired) electrons. The van der Waals surface area contributed by atoms with Crippen LogP contribution in [0.5, 0.6) is 11.5 Å². The summed E-state index contributed by atoms with van der Waals surface area (Å²) in [5.74, 6) is 0.968. The second-order valence-corrected chi connectivity index (χ2v) is 6.12. The van der Waals surface area contributed by atoms with Crippen LogP contribution in [0.25, 0.3) is 12.2 Å². The monoisotopic (exact) mass is 340 g/mol. The van der Waals surface area contributed by atoms with E-state index < -0.39 is 0 Å². The third kappa shape index (κ3) is 5.88. The van der Waals surface area contributed by atoms with E-state index in [1.54, 1.807) is 12.1 Å². The van der Waals surface area contributed by atoms with Crippen molar-refractivity contribution < 1.29 is 14.6 Å². The Labute approximate surface area is 148 Å².